The van der Waals surface area contributed by atoms with Gasteiger partial charge in [0.15, 0.2) is 0 Å². The van der Waals surface area contributed by atoms with Gasteiger partial charge in [-0.2, -0.15) is 18.3 Å². The first-order valence-electron chi connectivity index (χ1n) is 5.39. The van der Waals surface area contributed by atoms with Crippen molar-refractivity contribution >= 4 is 0 Å². The number of nitrogens with one attached hydrogen (secondary N) is 1. The van der Waals surface area contributed by atoms with Gasteiger partial charge in [-0.3, -0.25) is 4.68 Å². The molecule has 1 aliphatic rings. The average molecular weight is 233 g/mol. The van der Waals surface area contributed by atoms with Gasteiger partial charge in [-0.1, -0.05) is 6.42 Å². The summed E-state index contributed by atoms with van der Waals surface area (Å²) in [6, 6.07) is 0.245. The van der Waals surface area contributed by atoms with Gasteiger partial charge in [0.05, 0.1) is 18.3 Å². The lowest BCUT2D eigenvalue weighted by molar-refractivity contribution is -0.137. The van der Waals surface area contributed by atoms with Crippen LogP contribution in [0.3, 0.4) is 0 Å². The van der Waals surface area contributed by atoms with Crippen molar-refractivity contribution in [2.45, 2.75) is 38.0 Å². The maximum Gasteiger partial charge on any atom is 0.419 e. The Labute approximate surface area is 91.6 Å². The third-order valence-electron chi connectivity index (χ3n) is 2.78. The summed E-state index contributed by atoms with van der Waals surface area (Å²) in [5, 5.41) is 7.01. The van der Waals surface area contributed by atoms with Crippen molar-refractivity contribution in [3.05, 3.63) is 18.0 Å². The Morgan fingerprint density at radius 3 is 2.81 bits per heavy atom. The highest BCUT2D eigenvalue weighted by atomic mass is 19.4. The molecule has 0 aromatic carbocycles. The van der Waals surface area contributed by atoms with Gasteiger partial charge in [0.1, 0.15) is 0 Å². The molecule has 1 atom stereocenters. The predicted molar refractivity (Wildman–Crippen MR) is 52.9 cm³/mol. The fraction of sp³-hybridized carbons (Fsp3) is 0.700. The third kappa shape index (κ3) is 2.75. The third-order valence-corrected chi connectivity index (χ3v) is 2.78. The summed E-state index contributed by atoms with van der Waals surface area (Å²) < 4.78 is 38.3. The molecule has 0 spiro atoms. The maximum atomic E-state index is 12.3. The van der Waals surface area contributed by atoms with Crippen LogP contribution in [0.5, 0.6) is 0 Å². The molecule has 1 aliphatic heterocycles. The summed E-state index contributed by atoms with van der Waals surface area (Å²) in [7, 11) is 0. The topological polar surface area (TPSA) is 29.9 Å². The molecule has 0 radical (unpaired) electrons. The molecule has 1 fully saturated rings. The average Bonchev–Trinajstić information content (AvgIpc) is 2.67. The zero-order chi connectivity index (χ0) is 11.6. The quantitative estimate of drug-likeness (QED) is 0.847. The molecule has 3 nitrogen and oxygen atoms in total. The Morgan fingerprint density at radius 1 is 1.44 bits per heavy atom. The normalized spacial score (nSPS) is 22.3. The first-order chi connectivity index (χ1) is 7.55. The number of nitrogens with zero attached hydrogens (tertiary/aromatic N) is 2. The number of halogens is 3. The summed E-state index contributed by atoms with van der Waals surface area (Å²) in [6.07, 6.45) is 0.924. The van der Waals surface area contributed by atoms with Gasteiger partial charge in [0.2, 0.25) is 0 Å². The smallest absolute Gasteiger partial charge is 0.312 e. The molecule has 1 N–H and O–H groups in total. The summed E-state index contributed by atoms with van der Waals surface area (Å²) in [5.74, 6) is 0. The van der Waals surface area contributed by atoms with Crippen molar-refractivity contribution in [2.75, 3.05) is 6.54 Å². The SMILES string of the molecule is FC(F)(F)c1cnn(CC2CCCCN2)c1. The van der Waals surface area contributed by atoms with Gasteiger partial charge in [0.25, 0.3) is 0 Å². The molecule has 2 rings (SSSR count). The van der Waals surface area contributed by atoms with E-state index >= 15 is 0 Å². The van der Waals surface area contributed by atoms with Gasteiger partial charge in [-0.25, -0.2) is 0 Å². The van der Waals surface area contributed by atoms with Gasteiger partial charge in [0, 0.05) is 12.2 Å². The second-order valence-corrected chi connectivity index (χ2v) is 4.10. The first-order valence-corrected chi connectivity index (χ1v) is 5.39. The van der Waals surface area contributed by atoms with Crippen LogP contribution in [0.25, 0.3) is 0 Å². The lowest BCUT2D eigenvalue weighted by Gasteiger charge is -2.23. The molecule has 90 valence electrons. The van der Waals surface area contributed by atoms with Crippen molar-refractivity contribution in [1.82, 2.24) is 15.1 Å². The molecule has 1 aromatic heterocycles. The van der Waals surface area contributed by atoms with Crippen LogP contribution < -0.4 is 5.32 Å². The minimum absolute atomic E-state index is 0.245. The van der Waals surface area contributed by atoms with Gasteiger partial charge in [-0.15, -0.1) is 0 Å². The van der Waals surface area contributed by atoms with Crippen molar-refractivity contribution < 1.29 is 13.2 Å². The van der Waals surface area contributed by atoms with Crippen LogP contribution in [0, 0.1) is 0 Å². The largest absolute Gasteiger partial charge is 0.419 e. The molecule has 1 saturated heterocycles. The van der Waals surface area contributed by atoms with E-state index in [1.54, 1.807) is 0 Å². The van der Waals surface area contributed by atoms with Crippen LogP contribution in [0.1, 0.15) is 24.8 Å². The molecule has 0 aliphatic carbocycles. The van der Waals surface area contributed by atoms with E-state index in [1.165, 1.54) is 4.68 Å². The molecule has 2 heterocycles. The highest BCUT2D eigenvalue weighted by molar-refractivity contribution is 5.08. The van der Waals surface area contributed by atoms with E-state index in [-0.39, 0.29) is 6.04 Å². The first kappa shape index (κ1) is 11.4. The van der Waals surface area contributed by atoms with E-state index in [2.05, 4.69) is 10.4 Å². The minimum Gasteiger partial charge on any atom is -0.312 e. The molecule has 0 saturated carbocycles. The number of hydrogen-bond acceptors (Lipinski definition) is 2. The Kier molecular flexibility index (Phi) is 3.18. The monoisotopic (exact) mass is 233 g/mol. The molecule has 0 bridgehead atoms. The Hall–Kier alpha value is -1.04. The highest BCUT2D eigenvalue weighted by Gasteiger charge is 2.32. The number of aromatic nitrogens is 2. The van der Waals surface area contributed by atoms with Crippen molar-refractivity contribution in [3.63, 3.8) is 0 Å². The fourth-order valence-electron chi connectivity index (χ4n) is 1.92. The zero-order valence-corrected chi connectivity index (χ0v) is 8.80. The zero-order valence-electron chi connectivity index (χ0n) is 8.80. The number of rotatable bonds is 2. The van der Waals surface area contributed by atoms with Crippen molar-refractivity contribution in [3.8, 4) is 0 Å². The number of alkyl halides is 3. The molecular formula is C10H14F3N3. The van der Waals surface area contributed by atoms with E-state index in [0.717, 1.165) is 38.2 Å². The Balaban J connectivity index is 1.97. The summed E-state index contributed by atoms with van der Waals surface area (Å²) in [6.45, 7) is 1.45. The van der Waals surface area contributed by atoms with Crippen molar-refractivity contribution in [2.24, 2.45) is 0 Å². The van der Waals surface area contributed by atoms with Crippen LogP contribution in [-0.4, -0.2) is 22.4 Å². The number of piperidine rings is 1. The molecule has 6 heteroatoms. The summed E-state index contributed by atoms with van der Waals surface area (Å²) >= 11 is 0. The van der Waals surface area contributed by atoms with Crippen LogP contribution >= 0.6 is 0 Å². The second kappa shape index (κ2) is 4.45. The van der Waals surface area contributed by atoms with Gasteiger partial charge < -0.3 is 5.32 Å². The van der Waals surface area contributed by atoms with E-state index in [4.69, 9.17) is 0 Å². The summed E-state index contributed by atoms with van der Waals surface area (Å²) in [5.41, 5.74) is -0.677. The Morgan fingerprint density at radius 2 is 2.25 bits per heavy atom. The molecular weight excluding hydrogens is 219 g/mol. The minimum atomic E-state index is -4.29. The molecule has 1 aromatic rings. The van der Waals surface area contributed by atoms with Gasteiger partial charge >= 0.3 is 6.18 Å². The van der Waals surface area contributed by atoms with E-state index in [0.29, 0.717) is 6.54 Å². The standard InChI is InChI=1S/C10H14F3N3/c11-10(12,13)8-5-15-16(6-8)7-9-3-1-2-4-14-9/h5-6,9,14H,1-4,7H2. The molecule has 0 amide bonds. The number of hydrogen-bond donors (Lipinski definition) is 1. The van der Waals surface area contributed by atoms with Crippen LogP contribution in [0.4, 0.5) is 13.2 Å². The van der Waals surface area contributed by atoms with Gasteiger partial charge in [-0.05, 0) is 19.4 Å². The van der Waals surface area contributed by atoms with Crippen LogP contribution in [0.15, 0.2) is 12.4 Å². The molecule has 16 heavy (non-hydrogen) atoms. The van der Waals surface area contributed by atoms with Crippen LogP contribution in [-0.2, 0) is 12.7 Å². The lowest BCUT2D eigenvalue weighted by atomic mass is 10.1. The van der Waals surface area contributed by atoms with Crippen LogP contribution in [0.2, 0.25) is 0 Å². The van der Waals surface area contributed by atoms with E-state index in [9.17, 15) is 13.2 Å². The Bertz CT molecular complexity index is 339. The highest BCUT2D eigenvalue weighted by Crippen LogP contribution is 2.28. The molecule has 1 unspecified atom stereocenters. The predicted octanol–water partition coefficient (Wildman–Crippen LogP) is 2.04. The summed E-state index contributed by atoms with van der Waals surface area (Å²) in [4.78, 5) is 0. The van der Waals surface area contributed by atoms with E-state index < -0.39 is 11.7 Å². The van der Waals surface area contributed by atoms with E-state index in [1.807, 2.05) is 0 Å². The lowest BCUT2D eigenvalue weighted by Crippen LogP contribution is -2.37. The van der Waals surface area contributed by atoms with Crippen molar-refractivity contribution in [1.29, 1.82) is 0 Å². The fourth-order valence-corrected chi connectivity index (χ4v) is 1.92. The second-order valence-electron chi connectivity index (χ2n) is 4.10. The maximum absolute atomic E-state index is 12.3.